The summed E-state index contributed by atoms with van der Waals surface area (Å²) in [5.41, 5.74) is 5.58. The number of aromatic nitrogens is 2. The lowest BCUT2D eigenvalue weighted by Gasteiger charge is -2.35. The molecular weight excluding hydrogens is 320 g/mol. The van der Waals surface area contributed by atoms with Gasteiger partial charge in [0, 0.05) is 6.42 Å². The maximum atomic E-state index is 13.1. The highest BCUT2D eigenvalue weighted by molar-refractivity contribution is 5.84. The standard InChI is InChI=1S/C18H22N4O3/c1-3-10(2)15-16-20-12-7-5-4-6-11(12)18(25)22(16)13(17(24)21-15)8-9-14(19)23/h4-7,10,13,15H,3,8-9H2,1-2H3,(H2,19,23)(H,21,24). The van der Waals surface area contributed by atoms with E-state index < -0.39 is 11.9 Å². The molecule has 7 nitrogen and oxygen atoms in total. The Morgan fingerprint density at radius 1 is 1.36 bits per heavy atom. The van der Waals surface area contributed by atoms with Crippen molar-refractivity contribution in [1.29, 1.82) is 0 Å². The number of carbonyl (C=O) groups excluding carboxylic acids is 2. The SMILES string of the molecule is CCC(C)C1NC(=O)C(CCC(N)=O)n2c1nc1ccccc1c2=O. The molecule has 1 aliphatic heterocycles. The predicted octanol–water partition coefficient (Wildman–Crippen LogP) is 1.42. The third kappa shape index (κ3) is 3.01. The van der Waals surface area contributed by atoms with Gasteiger partial charge in [0.25, 0.3) is 5.56 Å². The van der Waals surface area contributed by atoms with E-state index in [1.54, 1.807) is 18.2 Å². The van der Waals surface area contributed by atoms with Crippen LogP contribution in [0.4, 0.5) is 0 Å². The molecular formula is C18H22N4O3. The molecule has 25 heavy (non-hydrogen) atoms. The quantitative estimate of drug-likeness (QED) is 0.857. The van der Waals surface area contributed by atoms with Gasteiger partial charge in [-0.25, -0.2) is 4.98 Å². The van der Waals surface area contributed by atoms with Crippen LogP contribution in [0.2, 0.25) is 0 Å². The Morgan fingerprint density at radius 2 is 2.08 bits per heavy atom. The summed E-state index contributed by atoms with van der Waals surface area (Å²) in [4.78, 5) is 41.5. The van der Waals surface area contributed by atoms with Crippen LogP contribution in [-0.4, -0.2) is 21.4 Å². The van der Waals surface area contributed by atoms with Crippen LogP contribution in [0.25, 0.3) is 10.9 Å². The van der Waals surface area contributed by atoms with Crippen molar-refractivity contribution >= 4 is 22.7 Å². The molecule has 132 valence electrons. The molecule has 1 aromatic carbocycles. The molecule has 0 radical (unpaired) electrons. The van der Waals surface area contributed by atoms with Crippen LogP contribution in [0, 0.1) is 5.92 Å². The number of carbonyl (C=O) groups is 2. The Bertz CT molecular complexity index is 890. The van der Waals surface area contributed by atoms with Crippen LogP contribution in [0.15, 0.2) is 29.1 Å². The zero-order valence-electron chi connectivity index (χ0n) is 14.4. The largest absolute Gasteiger partial charge is 0.370 e. The van der Waals surface area contributed by atoms with Gasteiger partial charge in [-0.15, -0.1) is 0 Å². The molecule has 1 aromatic heterocycles. The zero-order chi connectivity index (χ0) is 18.1. The molecule has 3 N–H and O–H groups in total. The Kier molecular flexibility index (Phi) is 4.57. The van der Waals surface area contributed by atoms with Gasteiger partial charge < -0.3 is 11.1 Å². The summed E-state index contributed by atoms with van der Waals surface area (Å²) in [6.45, 7) is 4.04. The van der Waals surface area contributed by atoms with E-state index in [4.69, 9.17) is 5.73 Å². The molecule has 3 unspecified atom stereocenters. The fourth-order valence-electron chi connectivity index (χ4n) is 3.29. The normalized spacial score (nSPS) is 20.8. The number of nitrogens with one attached hydrogen (secondary N) is 1. The van der Waals surface area contributed by atoms with Crippen LogP contribution < -0.4 is 16.6 Å². The monoisotopic (exact) mass is 342 g/mol. The van der Waals surface area contributed by atoms with Crippen LogP contribution in [0.1, 0.15) is 51.0 Å². The summed E-state index contributed by atoms with van der Waals surface area (Å²) in [5.74, 6) is -0.0918. The smallest absolute Gasteiger partial charge is 0.262 e. The summed E-state index contributed by atoms with van der Waals surface area (Å²) in [6.07, 6.45) is 1.05. The van der Waals surface area contributed by atoms with Gasteiger partial charge in [-0.05, 0) is 24.5 Å². The lowest BCUT2D eigenvalue weighted by molar-refractivity contribution is -0.127. The highest BCUT2D eigenvalue weighted by Gasteiger charge is 2.37. The van der Waals surface area contributed by atoms with Crippen molar-refractivity contribution in [2.75, 3.05) is 0 Å². The fourth-order valence-corrected chi connectivity index (χ4v) is 3.29. The molecule has 2 amide bonds. The lowest BCUT2D eigenvalue weighted by atomic mass is 9.94. The van der Waals surface area contributed by atoms with Gasteiger partial charge in [0.05, 0.1) is 16.9 Å². The van der Waals surface area contributed by atoms with E-state index in [1.165, 1.54) is 4.57 Å². The van der Waals surface area contributed by atoms with Gasteiger partial charge in [-0.1, -0.05) is 32.4 Å². The maximum absolute atomic E-state index is 13.1. The molecule has 0 spiro atoms. The highest BCUT2D eigenvalue weighted by Crippen LogP contribution is 2.31. The van der Waals surface area contributed by atoms with Crippen molar-refractivity contribution in [3.63, 3.8) is 0 Å². The Morgan fingerprint density at radius 3 is 2.76 bits per heavy atom. The highest BCUT2D eigenvalue weighted by atomic mass is 16.2. The summed E-state index contributed by atoms with van der Waals surface area (Å²) in [5, 5.41) is 3.44. The molecule has 1 aliphatic rings. The minimum atomic E-state index is -0.771. The van der Waals surface area contributed by atoms with Crippen molar-refractivity contribution in [1.82, 2.24) is 14.9 Å². The van der Waals surface area contributed by atoms with Crippen molar-refractivity contribution in [3.8, 4) is 0 Å². The van der Waals surface area contributed by atoms with Crippen LogP contribution in [0.3, 0.4) is 0 Å². The molecule has 2 heterocycles. The van der Waals surface area contributed by atoms with E-state index in [0.29, 0.717) is 16.7 Å². The summed E-state index contributed by atoms with van der Waals surface area (Å²) in [6, 6.07) is 5.99. The second kappa shape index (κ2) is 6.66. The van der Waals surface area contributed by atoms with Gasteiger partial charge in [0.1, 0.15) is 11.9 Å². The molecule has 0 fully saturated rings. The first-order valence-electron chi connectivity index (χ1n) is 8.53. The number of benzene rings is 1. The molecule has 7 heteroatoms. The number of primary amides is 1. The first-order valence-corrected chi connectivity index (χ1v) is 8.53. The minimum Gasteiger partial charge on any atom is -0.370 e. The van der Waals surface area contributed by atoms with Gasteiger partial charge in [-0.2, -0.15) is 0 Å². The number of para-hydroxylation sites is 1. The number of amides is 2. The van der Waals surface area contributed by atoms with E-state index in [9.17, 15) is 14.4 Å². The Hall–Kier alpha value is -2.70. The van der Waals surface area contributed by atoms with Crippen LogP contribution in [-0.2, 0) is 9.59 Å². The van der Waals surface area contributed by atoms with Crippen molar-refractivity contribution < 1.29 is 9.59 Å². The number of fused-ring (bicyclic) bond motifs is 2. The molecule has 3 atom stereocenters. The fraction of sp³-hybridized carbons (Fsp3) is 0.444. The third-order valence-corrected chi connectivity index (χ3v) is 4.90. The van der Waals surface area contributed by atoms with E-state index in [2.05, 4.69) is 10.3 Å². The lowest BCUT2D eigenvalue weighted by Crippen LogP contribution is -2.49. The molecule has 0 saturated heterocycles. The van der Waals surface area contributed by atoms with E-state index in [0.717, 1.165) is 6.42 Å². The molecule has 0 aliphatic carbocycles. The Labute approximate surface area is 145 Å². The number of nitrogens with two attached hydrogens (primary N) is 1. The summed E-state index contributed by atoms with van der Waals surface area (Å²) >= 11 is 0. The first-order chi connectivity index (χ1) is 11.9. The summed E-state index contributed by atoms with van der Waals surface area (Å²) < 4.78 is 1.46. The van der Waals surface area contributed by atoms with Crippen molar-refractivity contribution in [2.24, 2.45) is 11.7 Å². The zero-order valence-corrected chi connectivity index (χ0v) is 14.4. The van der Waals surface area contributed by atoms with Crippen LogP contribution >= 0.6 is 0 Å². The number of rotatable bonds is 5. The van der Waals surface area contributed by atoms with Gasteiger partial charge in [-0.3, -0.25) is 19.0 Å². The van der Waals surface area contributed by atoms with Crippen molar-refractivity contribution in [2.45, 2.75) is 45.2 Å². The predicted molar refractivity (Wildman–Crippen MR) is 93.8 cm³/mol. The molecule has 0 saturated carbocycles. The summed E-state index contributed by atoms with van der Waals surface area (Å²) in [7, 11) is 0. The van der Waals surface area contributed by atoms with Gasteiger partial charge in [0.2, 0.25) is 11.8 Å². The number of nitrogens with zero attached hydrogens (tertiary/aromatic N) is 2. The number of hydrogen-bond acceptors (Lipinski definition) is 4. The average molecular weight is 342 g/mol. The molecule has 2 aromatic rings. The minimum absolute atomic E-state index is 0.0325. The Balaban J connectivity index is 2.22. The average Bonchev–Trinajstić information content (AvgIpc) is 2.60. The third-order valence-electron chi connectivity index (χ3n) is 4.90. The molecule has 0 bridgehead atoms. The second-order valence-corrected chi connectivity index (χ2v) is 6.55. The topological polar surface area (TPSA) is 107 Å². The maximum Gasteiger partial charge on any atom is 0.262 e. The molecule has 3 rings (SSSR count). The van der Waals surface area contributed by atoms with Crippen molar-refractivity contribution in [3.05, 3.63) is 40.4 Å². The van der Waals surface area contributed by atoms with E-state index in [1.807, 2.05) is 19.9 Å². The second-order valence-electron chi connectivity index (χ2n) is 6.55. The van der Waals surface area contributed by atoms with Gasteiger partial charge >= 0.3 is 0 Å². The van der Waals surface area contributed by atoms with Crippen LogP contribution in [0.5, 0.6) is 0 Å². The number of hydrogen-bond donors (Lipinski definition) is 2. The van der Waals surface area contributed by atoms with E-state index in [-0.39, 0.29) is 36.3 Å². The first kappa shape index (κ1) is 17.1. The van der Waals surface area contributed by atoms with Gasteiger partial charge in [0.15, 0.2) is 0 Å². The van der Waals surface area contributed by atoms with E-state index >= 15 is 0 Å².